The van der Waals surface area contributed by atoms with E-state index >= 15 is 0 Å². The summed E-state index contributed by atoms with van der Waals surface area (Å²) < 4.78 is 5.70. The highest BCUT2D eigenvalue weighted by atomic mass is 16.5. The SMILES string of the molecule is CCCN1C(=O)[C@@]2(C(C#N)=C(N)OC3=C2C(=O)C[C@@H](C)C3)c2ccccc21. The van der Waals surface area contributed by atoms with E-state index in [2.05, 4.69) is 6.07 Å². The van der Waals surface area contributed by atoms with Crippen LogP contribution in [0.5, 0.6) is 0 Å². The standard InChI is InChI=1S/C21H21N3O3/c1-3-8-24-15-7-5-4-6-13(15)21(20(24)26)14(11-22)19(23)27-17-10-12(2)9-16(25)18(17)21/h4-7,12H,3,8-10,23H2,1-2H3/t12-,21-/m1/s1. The number of amides is 1. The van der Waals surface area contributed by atoms with Gasteiger partial charge in [0, 0.05) is 30.6 Å². The molecule has 2 N–H and O–H groups in total. The predicted molar refractivity (Wildman–Crippen MR) is 99.1 cm³/mol. The summed E-state index contributed by atoms with van der Waals surface area (Å²) >= 11 is 0. The molecule has 0 saturated heterocycles. The number of Topliss-reactive ketones (excluding diaryl/α,β-unsaturated/α-hetero) is 1. The van der Waals surface area contributed by atoms with Crippen LogP contribution in [0.1, 0.15) is 38.7 Å². The molecule has 0 unspecified atom stereocenters. The third kappa shape index (κ3) is 2.11. The smallest absolute Gasteiger partial charge is 0.247 e. The average Bonchev–Trinajstić information content (AvgIpc) is 2.85. The zero-order valence-corrected chi connectivity index (χ0v) is 15.4. The Hall–Kier alpha value is -3.07. The fourth-order valence-corrected chi connectivity index (χ4v) is 4.59. The van der Waals surface area contributed by atoms with E-state index in [1.165, 1.54) is 0 Å². The van der Waals surface area contributed by atoms with Crippen molar-refractivity contribution in [2.24, 2.45) is 11.7 Å². The molecule has 27 heavy (non-hydrogen) atoms. The number of para-hydroxylation sites is 1. The van der Waals surface area contributed by atoms with Crippen LogP contribution < -0.4 is 10.6 Å². The first-order valence-electron chi connectivity index (χ1n) is 9.23. The second kappa shape index (κ2) is 5.98. The van der Waals surface area contributed by atoms with Gasteiger partial charge in [-0.3, -0.25) is 9.59 Å². The normalized spacial score (nSPS) is 26.9. The number of nitrogens with zero attached hydrogens (tertiary/aromatic N) is 2. The molecule has 4 rings (SSSR count). The highest BCUT2D eigenvalue weighted by Crippen LogP contribution is 2.55. The number of benzene rings is 1. The van der Waals surface area contributed by atoms with Gasteiger partial charge < -0.3 is 15.4 Å². The summed E-state index contributed by atoms with van der Waals surface area (Å²) in [6.07, 6.45) is 1.60. The van der Waals surface area contributed by atoms with Crippen LogP contribution in [0, 0.1) is 17.2 Å². The summed E-state index contributed by atoms with van der Waals surface area (Å²) in [5, 5.41) is 9.90. The molecular formula is C21H21N3O3. The summed E-state index contributed by atoms with van der Waals surface area (Å²) in [5.41, 5.74) is 6.28. The van der Waals surface area contributed by atoms with Crippen LogP contribution in [0.3, 0.4) is 0 Å². The van der Waals surface area contributed by atoms with Gasteiger partial charge in [0.05, 0.1) is 5.57 Å². The quantitative estimate of drug-likeness (QED) is 0.871. The van der Waals surface area contributed by atoms with Crippen molar-refractivity contribution in [3.63, 3.8) is 0 Å². The van der Waals surface area contributed by atoms with E-state index in [4.69, 9.17) is 10.5 Å². The Bertz CT molecular complexity index is 969. The van der Waals surface area contributed by atoms with Gasteiger partial charge >= 0.3 is 0 Å². The fraction of sp³-hybridized carbons (Fsp3) is 0.381. The molecule has 2 heterocycles. The van der Waals surface area contributed by atoms with Gasteiger partial charge in [-0.2, -0.15) is 5.26 Å². The summed E-state index contributed by atoms with van der Waals surface area (Å²) in [6, 6.07) is 9.42. The number of carbonyl (C=O) groups is 2. The lowest BCUT2D eigenvalue weighted by Gasteiger charge is -2.38. The molecule has 0 bridgehead atoms. The maximum atomic E-state index is 13.8. The molecule has 1 aliphatic carbocycles. The van der Waals surface area contributed by atoms with Crippen molar-refractivity contribution >= 4 is 17.4 Å². The number of ketones is 1. The molecule has 6 heteroatoms. The van der Waals surface area contributed by atoms with Crippen LogP contribution in [0.2, 0.25) is 0 Å². The number of nitriles is 1. The van der Waals surface area contributed by atoms with E-state index in [1.807, 2.05) is 38.1 Å². The van der Waals surface area contributed by atoms with Crippen molar-refractivity contribution in [2.45, 2.75) is 38.5 Å². The molecule has 0 saturated carbocycles. The number of hydrogen-bond donors (Lipinski definition) is 1. The molecule has 0 fully saturated rings. The van der Waals surface area contributed by atoms with Gasteiger partial charge in [0.15, 0.2) is 5.78 Å². The Labute approximate surface area is 157 Å². The molecule has 2 aliphatic heterocycles. The molecule has 0 radical (unpaired) electrons. The first-order chi connectivity index (χ1) is 13.0. The van der Waals surface area contributed by atoms with Gasteiger partial charge in [-0.15, -0.1) is 0 Å². The Kier molecular flexibility index (Phi) is 3.84. The summed E-state index contributed by atoms with van der Waals surface area (Å²) in [6.45, 7) is 4.45. The lowest BCUT2D eigenvalue weighted by atomic mass is 9.64. The Balaban J connectivity index is 2.09. The number of nitrogens with two attached hydrogens (primary N) is 1. The predicted octanol–water partition coefficient (Wildman–Crippen LogP) is 2.66. The van der Waals surface area contributed by atoms with E-state index in [1.54, 1.807) is 4.90 Å². The molecule has 1 aromatic rings. The minimum atomic E-state index is -1.49. The van der Waals surface area contributed by atoms with E-state index < -0.39 is 5.41 Å². The number of fused-ring (bicyclic) bond motifs is 3. The molecule has 2 atom stereocenters. The monoisotopic (exact) mass is 363 g/mol. The van der Waals surface area contributed by atoms with Crippen molar-refractivity contribution < 1.29 is 14.3 Å². The largest absolute Gasteiger partial charge is 0.444 e. The second-order valence-electron chi connectivity index (χ2n) is 7.41. The fourth-order valence-electron chi connectivity index (χ4n) is 4.59. The Morgan fingerprint density at radius 1 is 1.33 bits per heavy atom. The van der Waals surface area contributed by atoms with Crippen LogP contribution in [0.25, 0.3) is 0 Å². The van der Waals surface area contributed by atoms with Crippen LogP contribution >= 0.6 is 0 Å². The first kappa shape index (κ1) is 17.3. The van der Waals surface area contributed by atoms with Gasteiger partial charge in [0.2, 0.25) is 11.8 Å². The average molecular weight is 363 g/mol. The van der Waals surface area contributed by atoms with E-state index in [9.17, 15) is 14.9 Å². The number of allylic oxidation sites excluding steroid dienone is 1. The number of anilines is 1. The number of carbonyl (C=O) groups excluding carboxylic acids is 2. The molecule has 6 nitrogen and oxygen atoms in total. The third-order valence-electron chi connectivity index (χ3n) is 5.58. The highest BCUT2D eigenvalue weighted by Gasteiger charge is 2.62. The molecule has 3 aliphatic rings. The van der Waals surface area contributed by atoms with Gasteiger partial charge in [0.1, 0.15) is 22.8 Å². The molecule has 138 valence electrons. The third-order valence-corrected chi connectivity index (χ3v) is 5.58. The number of hydrogen-bond acceptors (Lipinski definition) is 5. The zero-order chi connectivity index (χ0) is 19.3. The molecule has 1 amide bonds. The Morgan fingerprint density at radius 2 is 2.07 bits per heavy atom. The number of rotatable bonds is 2. The summed E-state index contributed by atoms with van der Waals surface area (Å²) in [5.74, 6) is 0.00823. The maximum absolute atomic E-state index is 13.8. The van der Waals surface area contributed by atoms with E-state index in [-0.39, 0.29) is 29.1 Å². The lowest BCUT2D eigenvalue weighted by Crippen LogP contribution is -2.49. The minimum absolute atomic E-state index is 0.0141. The van der Waals surface area contributed by atoms with Crippen molar-refractivity contribution in [1.82, 2.24) is 0 Å². The lowest BCUT2D eigenvalue weighted by molar-refractivity contribution is -0.125. The molecule has 0 aromatic heterocycles. The summed E-state index contributed by atoms with van der Waals surface area (Å²) in [4.78, 5) is 28.5. The van der Waals surface area contributed by atoms with Gasteiger partial charge in [-0.05, 0) is 18.4 Å². The zero-order valence-electron chi connectivity index (χ0n) is 15.4. The molecular weight excluding hydrogens is 342 g/mol. The van der Waals surface area contributed by atoms with Crippen molar-refractivity contribution in [2.75, 3.05) is 11.4 Å². The topological polar surface area (TPSA) is 96.4 Å². The Morgan fingerprint density at radius 3 is 2.78 bits per heavy atom. The number of ether oxygens (including phenoxy) is 1. The van der Waals surface area contributed by atoms with E-state index in [0.29, 0.717) is 36.3 Å². The van der Waals surface area contributed by atoms with Crippen molar-refractivity contribution in [3.8, 4) is 6.07 Å². The van der Waals surface area contributed by atoms with Gasteiger partial charge in [-0.25, -0.2) is 0 Å². The van der Waals surface area contributed by atoms with Gasteiger partial charge in [-0.1, -0.05) is 32.0 Å². The van der Waals surface area contributed by atoms with Crippen LogP contribution in [-0.2, 0) is 19.7 Å². The van der Waals surface area contributed by atoms with E-state index in [0.717, 1.165) is 12.1 Å². The van der Waals surface area contributed by atoms with Crippen LogP contribution in [0.15, 0.2) is 47.1 Å². The first-order valence-corrected chi connectivity index (χ1v) is 9.23. The maximum Gasteiger partial charge on any atom is 0.247 e. The van der Waals surface area contributed by atoms with Crippen molar-refractivity contribution in [1.29, 1.82) is 5.26 Å². The molecule has 1 spiro atoms. The highest BCUT2D eigenvalue weighted by molar-refractivity contribution is 6.20. The summed E-state index contributed by atoms with van der Waals surface area (Å²) in [7, 11) is 0. The van der Waals surface area contributed by atoms with Crippen LogP contribution in [-0.4, -0.2) is 18.2 Å². The molecule has 1 aromatic carbocycles. The minimum Gasteiger partial charge on any atom is -0.444 e. The van der Waals surface area contributed by atoms with Crippen molar-refractivity contribution in [3.05, 3.63) is 52.6 Å². The van der Waals surface area contributed by atoms with Crippen LogP contribution in [0.4, 0.5) is 5.69 Å². The van der Waals surface area contributed by atoms with Gasteiger partial charge in [0.25, 0.3) is 0 Å². The second-order valence-corrected chi connectivity index (χ2v) is 7.41.